The number of amides is 1. The number of piperazine rings is 1. The van der Waals surface area contributed by atoms with Gasteiger partial charge in [-0.3, -0.25) is 9.69 Å². The van der Waals surface area contributed by atoms with Crippen LogP contribution < -0.4 is 10.6 Å². The van der Waals surface area contributed by atoms with Crippen LogP contribution in [0.15, 0.2) is 24.3 Å². The fraction of sp³-hybridized carbons (Fsp3) is 0.562. The Morgan fingerprint density at radius 2 is 2.32 bits per heavy atom. The molecule has 1 aliphatic rings. The van der Waals surface area contributed by atoms with Crippen molar-refractivity contribution in [2.75, 3.05) is 26.2 Å². The molecule has 124 valence electrons. The number of carbonyl (C=O) groups excluding carboxylic acids is 1. The summed E-state index contributed by atoms with van der Waals surface area (Å²) in [4.78, 5) is 14.3. The summed E-state index contributed by atoms with van der Waals surface area (Å²) in [6.45, 7) is 7.16. The number of nitrogens with one attached hydrogen (secondary N) is 2. The smallest absolute Gasteiger partial charge is 0.234 e. The van der Waals surface area contributed by atoms with Crippen molar-refractivity contribution in [1.82, 2.24) is 15.5 Å². The van der Waals surface area contributed by atoms with Gasteiger partial charge in [-0.1, -0.05) is 30.7 Å². The minimum Gasteiger partial charge on any atom is -0.353 e. The molecule has 1 aromatic carbocycles. The number of hydrogen-bond donors (Lipinski definition) is 2. The Morgan fingerprint density at radius 3 is 3.00 bits per heavy atom. The van der Waals surface area contributed by atoms with E-state index in [1.54, 1.807) is 0 Å². The van der Waals surface area contributed by atoms with E-state index in [-0.39, 0.29) is 30.4 Å². The maximum Gasteiger partial charge on any atom is 0.234 e. The SMILES string of the molecule is CCC(C)NC(=O)CN1CCNCC1c1cccc(Cl)c1.Cl. The second-order valence-electron chi connectivity index (χ2n) is 5.62. The summed E-state index contributed by atoms with van der Waals surface area (Å²) in [6.07, 6.45) is 0.949. The monoisotopic (exact) mass is 345 g/mol. The lowest BCUT2D eigenvalue weighted by Gasteiger charge is -2.36. The first kappa shape index (κ1) is 19.2. The average molecular weight is 346 g/mol. The normalized spacial score (nSPS) is 20.0. The molecular weight excluding hydrogens is 321 g/mol. The summed E-state index contributed by atoms with van der Waals surface area (Å²) >= 11 is 6.09. The summed E-state index contributed by atoms with van der Waals surface area (Å²) in [5.74, 6) is 0.0956. The van der Waals surface area contributed by atoms with Gasteiger partial charge in [-0.05, 0) is 31.0 Å². The van der Waals surface area contributed by atoms with E-state index in [9.17, 15) is 4.79 Å². The van der Waals surface area contributed by atoms with Crippen molar-refractivity contribution in [1.29, 1.82) is 0 Å². The van der Waals surface area contributed by atoms with Gasteiger partial charge in [-0.2, -0.15) is 0 Å². The predicted octanol–water partition coefficient (Wildman–Crippen LogP) is 2.62. The van der Waals surface area contributed by atoms with Crippen molar-refractivity contribution in [2.24, 2.45) is 0 Å². The highest BCUT2D eigenvalue weighted by molar-refractivity contribution is 6.30. The highest BCUT2D eigenvalue weighted by Gasteiger charge is 2.25. The van der Waals surface area contributed by atoms with Crippen LogP contribution in [-0.2, 0) is 4.79 Å². The van der Waals surface area contributed by atoms with Crippen molar-refractivity contribution < 1.29 is 4.79 Å². The largest absolute Gasteiger partial charge is 0.353 e. The molecule has 0 aliphatic carbocycles. The molecule has 4 nitrogen and oxygen atoms in total. The summed E-state index contributed by atoms with van der Waals surface area (Å²) in [6, 6.07) is 8.32. The molecule has 0 bridgehead atoms. The van der Waals surface area contributed by atoms with Crippen molar-refractivity contribution in [3.63, 3.8) is 0 Å². The van der Waals surface area contributed by atoms with Crippen LogP contribution in [0.1, 0.15) is 31.9 Å². The number of halogens is 2. The Morgan fingerprint density at radius 1 is 1.55 bits per heavy atom. The maximum absolute atomic E-state index is 12.1. The molecule has 1 aromatic rings. The topological polar surface area (TPSA) is 44.4 Å². The van der Waals surface area contributed by atoms with Crippen LogP contribution in [-0.4, -0.2) is 43.0 Å². The Balaban J connectivity index is 0.00000242. The molecule has 1 amide bonds. The van der Waals surface area contributed by atoms with Gasteiger partial charge in [-0.15, -0.1) is 12.4 Å². The number of rotatable bonds is 5. The van der Waals surface area contributed by atoms with Crippen LogP contribution in [0.3, 0.4) is 0 Å². The van der Waals surface area contributed by atoms with Crippen LogP contribution in [0, 0.1) is 0 Å². The average Bonchev–Trinajstić information content (AvgIpc) is 2.47. The van der Waals surface area contributed by atoms with Crippen molar-refractivity contribution >= 4 is 29.9 Å². The molecule has 1 fully saturated rings. The Kier molecular flexibility index (Phi) is 8.18. The standard InChI is InChI=1S/C16H24ClN3O.ClH/c1-3-12(2)19-16(21)11-20-8-7-18-10-15(20)13-5-4-6-14(17)9-13;/h4-6,9,12,15,18H,3,7-8,10-11H2,1-2H3,(H,19,21);1H. The lowest BCUT2D eigenvalue weighted by atomic mass is 10.0. The van der Waals surface area contributed by atoms with Crippen LogP contribution in [0.25, 0.3) is 0 Å². The van der Waals surface area contributed by atoms with Gasteiger partial charge in [0.05, 0.1) is 6.54 Å². The second-order valence-corrected chi connectivity index (χ2v) is 6.06. The van der Waals surface area contributed by atoms with E-state index in [4.69, 9.17) is 11.6 Å². The molecule has 2 atom stereocenters. The maximum atomic E-state index is 12.1. The Hall–Kier alpha value is -0.810. The molecule has 2 rings (SSSR count). The lowest BCUT2D eigenvalue weighted by Crippen LogP contribution is -2.50. The fourth-order valence-corrected chi connectivity index (χ4v) is 2.78. The van der Waals surface area contributed by atoms with Crippen molar-refractivity contribution in [3.05, 3.63) is 34.9 Å². The first-order chi connectivity index (χ1) is 10.1. The predicted molar refractivity (Wildman–Crippen MR) is 93.8 cm³/mol. The molecule has 1 aliphatic heterocycles. The fourth-order valence-electron chi connectivity index (χ4n) is 2.59. The molecule has 0 radical (unpaired) electrons. The summed E-state index contributed by atoms with van der Waals surface area (Å²) < 4.78 is 0. The first-order valence-corrected chi connectivity index (χ1v) is 7.97. The highest BCUT2D eigenvalue weighted by atomic mass is 35.5. The highest BCUT2D eigenvalue weighted by Crippen LogP contribution is 2.24. The Labute approximate surface area is 144 Å². The second kappa shape index (κ2) is 9.36. The number of hydrogen-bond acceptors (Lipinski definition) is 3. The third-order valence-corrected chi connectivity index (χ3v) is 4.19. The third-order valence-electron chi connectivity index (χ3n) is 3.95. The van der Waals surface area contributed by atoms with Gasteiger partial charge in [-0.25, -0.2) is 0 Å². The number of benzene rings is 1. The first-order valence-electron chi connectivity index (χ1n) is 7.59. The van der Waals surface area contributed by atoms with E-state index in [1.165, 1.54) is 0 Å². The molecule has 22 heavy (non-hydrogen) atoms. The number of nitrogens with zero attached hydrogens (tertiary/aromatic N) is 1. The minimum atomic E-state index is 0. The zero-order chi connectivity index (χ0) is 15.2. The van der Waals surface area contributed by atoms with Crippen molar-refractivity contribution in [2.45, 2.75) is 32.4 Å². The van der Waals surface area contributed by atoms with Gasteiger partial charge < -0.3 is 10.6 Å². The van der Waals surface area contributed by atoms with E-state index in [0.717, 1.165) is 36.6 Å². The van der Waals surface area contributed by atoms with Crippen LogP contribution in [0.2, 0.25) is 5.02 Å². The summed E-state index contributed by atoms with van der Waals surface area (Å²) in [5, 5.41) is 7.16. The van der Waals surface area contributed by atoms with Gasteiger partial charge in [0.1, 0.15) is 0 Å². The lowest BCUT2D eigenvalue weighted by molar-refractivity contribution is -0.123. The van der Waals surface area contributed by atoms with Gasteiger partial charge in [0, 0.05) is 36.7 Å². The quantitative estimate of drug-likeness (QED) is 0.862. The molecule has 0 saturated carbocycles. The zero-order valence-electron chi connectivity index (χ0n) is 13.1. The molecule has 6 heteroatoms. The van der Waals surface area contributed by atoms with Gasteiger partial charge in [0.25, 0.3) is 0 Å². The van der Waals surface area contributed by atoms with E-state index in [0.29, 0.717) is 6.54 Å². The third kappa shape index (κ3) is 5.43. The van der Waals surface area contributed by atoms with E-state index >= 15 is 0 Å². The molecule has 0 spiro atoms. The zero-order valence-corrected chi connectivity index (χ0v) is 14.7. The van der Waals surface area contributed by atoms with Crippen molar-refractivity contribution in [3.8, 4) is 0 Å². The van der Waals surface area contributed by atoms with E-state index in [2.05, 4.69) is 28.5 Å². The van der Waals surface area contributed by atoms with Crippen LogP contribution >= 0.6 is 24.0 Å². The minimum absolute atomic E-state index is 0. The molecule has 1 saturated heterocycles. The molecular formula is C16H25Cl2N3O. The van der Waals surface area contributed by atoms with Crippen LogP contribution in [0.5, 0.6) is 0 Å². The summed E-state index contributed by atoms with van der Waals surface area (Å²) in [7, 11) is 0. The Bertz CT molecular complexity index is 484. The van der Waals surface area contributed by atoms with Gasteiger partial charge in [0.2, 0.25) is 5.91 Å². The molecule has 2 N–H and O–H groups in total. The number of carbonyl (C=O) groups is 1. The van der Waals surface area contributed by atoms with E-state index in [1.807, 2.05) is 25.1 Å². The molecule has 0 aromatic heterocycles. The summed E-state index contributed by atoms with van der Waals surface area (Å²) in [5.41, 5.74) is 1.16. The molecule has 2 unspecified atom stereocenters. The van der Waals surface area contributed by atoms with E-state index < -0.39 is 0 Å². The van der Waals surface area contributed by atoms with Gasteiger partial charge in [0.15, 0.2) is 0 Å². The van der Waals surface area contributed by atoms with Crippen LogP contribution in [0.4, 0.5) is 0 Å². The van der Waals surface area contributed by atoms with Gasteiger partial charge >= 0.3 is 0 Å². The molecule has 1 heterocycles.